The van der Waals surface area contributed by atoms with Crippen molar-refractivity contribution in [1.82, 2.24) is 30.4 Å². The minimum absolute atomic E-state index is 0.103. The Morgan fingerprint density at radius 3 is 2.32 bits per heavy atom. The van der Waals surface area contributed by atoms with Crippen molar-refractivity contribution < 1.29 is 19.1 Å². The quantitative estimate of drug-likeness (QED) is 0.257. The van der Waals surface area contributed by atoms with Crippen LogP contribution >= 0.6 is 0 Å². The van der Waals surface area contributed by atoms with Crippen LogP contribution in [0.4, 0.5) is 4.79 Å². The first-order chi connectivity index (χ1) is 18.1. The molecule has 0 unspecified atom stereocenters. The predicted molar refractivity (Wildman–Crippen MR) is 140 cm³/mol. The number of urea groups is 1. The van der Waals surface area contributed by atoms with Gasteiger partial charge in [0.15, 0.2) is 0 Å². The smallest absolute Gasteiger partial charge is 0.325 e. The van der Waals surface area contributed by atoms with Gasteiger partial charge in [0.05, 0.1) is 13.2 Å². The van der Waals surface area contributed by atoms with Gasteiger partial charge in [-0.1, -0.05) is 61.9 Å². The number of aromatic amines is 1. The number of nitrogens with zero attached hydrogens (tertiary/aromatic N) is 5. The number of hydrogen-bond donors (Lipinski definition) is 1. The molecule has 0 saturated carbocycles. The number of esters is 1. The number of carbonyl (C=O) groups is 2. The molecule has 1 heterocycles. The van der Waals surface area contributed by atoms with Gasteiger partial charge in [0, 0.05) is 31.8 Å². The van der Waals surface area contributed by atoms with E-state index in [1.807, 2.05) is 55.5 Å². The van der Waals surface area contributed by atoms with E-state index in [1.54, 1.807) is 11.8 Å². The fourth-order valence-electron chi connectivity index (χ4n) is 3.93. The summed E-state index contributed by atoms with van der Waals surface area (Å²) >= 11 is 0. The Morgan fingerprint density at radius 1 is 0.919 bits per heavy atom. The molecule has 0 aliphatic heterocycles. The molecule has 0 atom stereocenters. The van der Waals surface area contributed by atoms with E-state index in [4.69, 9.17) is 9.47 Å². The van der Waals surface area contributed by atoms with Gasteiger partial charge in [-0.15, -0.1) is 10.2 Å². The number of aromatic nitrogens is 4. The molecule has 0 bridgehead atoms. The van der Waals surface area contributed by atoms with Gasteiger partial charge in [-0.25, -0.2) is 4.79 Å². The Hall–Kier alpha value is -3.79. The number of rotatable bonds is 14. The molecular weight excluding hydrogens is 472 g/mol. The standard InChI is InChI=1S/C27H36N6O4/c1-4-7-16-32(27(35)33(17-18-36-5-2)20-25(34)37-6-3)19-21-12-14-22(15-13-21)23-10-8-9-11-24(23)26-28-30-31-29-26/h8-15H,4-7,16-20H2,1-3H3,(H,28,29,30,31). The summed E-state index contributed by atoms with van der Waals surface area (Å²) in [5, 5.41) is 14.4. The minimum atomic E-state index is -0.424. The Bertz CT molecular complexity index is 1100. The number of benzene rings is 2. The van der Waals surface area contributed by atoms with Gasteiger partial charge in [-0.3, -0.25) is 4.79 Å². The van der Waals surface area contributed by atoms with Crippen molar-refractivity contribution in [3.05, 3.63) is 54.1 Å². The fourth-order valence-corrected chi connectivity index (χ4v) is 3.93. The predicted octanol–water partition coefficient (Wildman–Crippen LogP) is 4.16. The highest BCUT2D eigenvalue weighted by molar-refractivity contribution is 5.82. The van der Waals surface area contributed by atoms with Gasteiger partial charge in [0.1, 0.15) is 6.54 Å². The third kappa shape index (κ3) is 8.11. The number of amides is 2. The van der Waals surface area contributed by atoms with Crippen molar-refractivity contribution in [2.45, 2.75) is 40.2 Å². The summed E-state index contributed by atoms with van der Waals surface area (Å²) in [5.74, 6) is 0.108. The second-order valence-electron chi connectivity index (χ2n) is 8.46. The van der Waals surface area contributed by atoms with Gasteiger partial charge in [0.2, 0.25) is 5.82 Å². The molecule has 0 aliphatic rings. The highest BCUT2D eigenvalue weighted by atomic mass is 16.5. The number of carbonyl (C=O) groups excluding carboxylic acids is 2. The van der Waals surface area contributed by atoms with Crippen LogP contribution in [0.2, 0.25) is 0 Å². The van der Waals surface area contributed by atoms with E-state index >= 15 is 0 Å². The van der Waals surface area contributed by atoms with Gasteiger partial charge >= 0.3 is 12.0 Å². The molecule has 0 spiro atoms. The van der Waals surface area contributed by atoms with E-state index in [0.29, 0.717) is 38.7 Å². The molecule has 0 aliphatic carbocycles. The summed E-state index contributed by atoms with van der Waals surface area (Å²) in [4.78, 5) is 29.0. The molecule has 2 aromatic carbocycles. The second-order valence-corrected chi connectivity index (χ2v) is 8.46. The summed E-state index contributed by atoms with van der Waals surface area (Å²) in [6.45, 7) is 8.15. The summed E-state index contributed by atoms with van der Waals surface area (Å²) < 4.78 is 10.5. The summed E-state index contributed by atoms with van der Waals surface area (Å²) in [7, 11) is 0. The highest BCUT2D eigenvalue weighted by Crippen LogP contribution is 2.30. The van der Waals surface area contributed by atoms with Crippen LogP contribution in [0.25, 0.3) is 22.5 Å². The van der Waals surface area contributed by atoms with Crippen LogP contribution in [0.1, 0.15) is 39.2 Å². The van der Waals surface area contributed by atoms with Crippen molar-refractivity contribution in [3.8, 4) is 22.5 Å². The van der Waals surface area contributed by atoms with E-state index in [9.17, 15) is 9.59 Å². The number of ether oxygens (including phenoxy) is 2. The molecule has 0 saturated heterocycles. The highest BCUT2D eigenvalue weighted by Gasteiger charge is 2.23. The molecule has 0 fully saturated rings. The molecule has 10 heteroatoms. The van der Waals surface area contributed by atoms with Crippen LogP contribution in [0.5, 0.6) is 0 Å². The van der Waals surface area contributed by atoms with Crippen molar-refractivity contribution in [3.63, 3.8) is 0 Å². The summed E-state index contributed by atoms with van der Waals surface area (Å²) in [5.41, 5.74) is 3.88. The van der Waals surface area contributed by atoms with Crippen LogP contribution < -0.4 is 0 Å². The van der Waals surface area contributed by atoms with E-state index in [-0.39, 0.29) is 19.2 Å². The lowest BCUT2D eigenvalue weighted by Crippen LogP contribution is -2.47. The van der Waals surface area contributed by atoms with E-state index in [1.165, 1.54) is 4.90 Å². The van der Waals surface area contributed by atoms with Gasteiger partial charge < -0.3 is 19.3 Å². The molecule has 1 aromatic heterocycles. The largest absolute Gasteiger partial charge is 0.465 e. The zero-order valence-corrected chi connectivity index (χ0v) is 21.9. The molecule has 0 radical (unpaired) electrons. The third-order valence-corrected chi connectivity index (χ3v) is 5.81. The average Bonchev–Trinajstić information content (AvgIpc) is 3.46. The second kappa shape index (κ2) is 14.7. The molecule has 3 aromatic rings. The minimum Gasteiger partial charge on any atom is -0.465 e. The van der Waals surface area contributed by atoms with Crippen LogP contribution in [0.15, 0.2) is 48.5 Å². The Labute approximate surface area is 217 Å². The number of tetrazole rings is 1. The van der Waals surface area contributed by atoms with E-state index < -0.39 is 5.97 Å². The average molecular weight is 509 g/mol. The maximum atomic E-state index is 13.5. The van der Waals surface area contributed by atoms with Crippen molar-refractivity contribution in [1.29, 1.82) is 0 Å². The first kappa shape index (κ1) is 27.8. The topological polar surface area (TPSA) is 114 Å². The Balaban J connectivity index is 1.78. The Kier molecular flexibility index (Phi) is 11.0. The normalized spacial score (nSPS) is 10.8. The molecule has 1 N–H and O–H groups in total. The van der Waals surface area contributed by atoms with E-state index in [2.05, 4.69) is 27.5 Å². The van der Waals surface area contributed by atoms with Crippen LogP contribution in [-0.4, -0.2) is 81.9 Å². The zero-order chi connectivity index (χ0) is 26.5. The first-order valence-corrected chi connectivity index (χ1v) is 12.8. The first-order valence-electron chi connectivity index (χ1n) is 12.8. The number of hydrogen-bond acceptors (Lipinski definition) is 7. The van der Waals surface area contributed by atoms with Crippen LogP contribution in [0.3, 0.4) is 0 Å². The fraction of sp³-hybridized carbons (Fsp3) is 0.444. The Morgan fingerprint density at radius 2 is 1.68 bits per heavy atom. The monoisotopic (exact) mass is 508 g/mol. The molecule has 10 nitrogen and oxygen atoms in total. The SMILES string of the molecule is CCCCN(Cc1ccc(-c2ccccc2-c2nn[nH]n2)cc1)C(=O)N(CCOCC)CC(=O)OCC. The summed E-state index contributed by atoms with van der Waals surface area (Å²) in [6, 6.07) is 15.8. The molecule has 3 rings (SSSR count). The number of H-pyrrole nitrogens is 1. The van der Waals surface area contributed by atoms with Gasteiger partial charge in [-0.05, 0) is 42.2 Å². The maximum absolute atomic E-state index is 13.5. The van der Waals surface area contributed by atoms with Crippen molar-refractivity contribution >= 4 is 12.0 Å². The molecule has 2 amide bonds. The van der Waals surface area contributed by atoms with Crippen molar-refractivity contribution in [2.24, 2.45) is 0 Å². The van der Waals surface area contributed by atoms with Crippen LogP contribution in [0, 0.1) is 0 Å². The maximum Gasteiger partial charge on any atom is 0.325 e. The molecule has 37 heavy (non-hydrogen) atoms. The molecular formula is C27H36N6O4. The lowest BCUT2D eigenvalue weighted by atomic mass is 9.98. The number of unbranched alkanes of at least 4 members (excludes halogenated alkanes) is 1. The van der Waals surface area contributed by atoms with E-state index in [0.717, 1.165) is 35.1 Å². The van der Waals surface area contributed by atoms with Gasteiger partial charge in [-0.2, -0.15) is 5.21 Å². The molecule has 198 valence electrons. The lowest BCUT2D eigenvalue weighted by Gasteiger charge is -2.30. The lowest BCUT2D eigenvalue weighted by molar-refractivity contribution is -0.144. The zero-order valence-electron chi connectivity index (χ0n) is 21.9. The third-order valence-electron chi connectivity index (χ3n) is 5.81. The van der Waals surface area contributed by atoms with Gasteiger partial charge in [0.25, 0.3) is 0 Å². The van der Waals surface area contributed by atoms with Crippen molar-refractivity contribution in [2.75, 3.05) is 39.5 Å². The number of nitrogens with one attached hydrogen (secondary N) is 1. The van der Waals surface area contributed by atoms with Crippen LogP contribution in [-0.2, 0) is 20.8 Å². The summed E-state index contributed by atoms with van der Waals surface area (Å²) in [6.07, 6.45) is 1.81.